The number of carbonyl (C=O) groups is 1. The van der Waals surface area contributed by atoms with Gasteiger partial charge in [0.2, 0.25) is 0 Å². The van der Waals surface area contributed by atoms with Gasteiger partial charge in [-0.2, -0.15) is 0 Å². The van der Waals surface area contributed by atoms with Gasteiger partial charge in [0.25, 0.3) is 5.91 Å². The minimum absolute atomic E-state index is 0.178. The van der Waals surface area contributed by atoms with Gasteiger partial charge in [-0.25, -0.2) is 4.39 Å². The summed E-state index contributed by atoms with van der Waals surface area (Å²) in [6.45, 7) is 1.68. The number of rotatable bonds is 2. The van der Waals surface area contributed by atoms with Gasteiger partial charge in [0, 0.05) is 6.04 Å². The molecule has 2 nitrogen and oxygen atoms in total. The first kappa shape index (κ1) is 11.7. The van der Waals surface area contributed by atoms with E-state index in [4.69, 9.17) is 0 Å². The van der Waals surface area contributed by atoms with Gasteiger partial charge in [0.05, 0.1) is 5.56 Å². The van der Waals surface area contributed by atoms with Crippen LogP contribution >= 0.6 is 0 Å². The molecule has 96 valence electrons. The van der Waals surface area contributed by atoms with E-state index < -0.39 is 5.82 Å². The van der Waals surface area contributed by atoms with Gasteiger partial charge < -0.3 is 5.32 Å². The van der Waals surface area contributed by atoms with Gasteiger partial charge in [-0.15, -0.1) is 0 Å². The van der Waals surface area contributed by atoms with Gasteiger partial charge in [0.1, 0.15) is 5.82 Å². The molecule has 3 rings (SSSR count). The lowest BCUT2D eigenvalue weighted by molar-refractivity contribution is 0.0918. The molecule has 0 saturated heterocycles. The van der Waals surface area contributed by atoms with Gasteiger partial charge >= 0.3 is 0 Å². The molecular formula is C15H18FNO. The van der Waals surface area contributed by atoms with Gasteiger partial charge in [-0.05, 0) is 49.7 Å². The topological polar surface area (TPSA) is 29.1 Å². The van der Waals surface area contributed by atoms with Crippen molar-refractivity contribution in [1.82, 2.24) is 5.32 Å². The van der Waals surface area contributed by atoms with E-state index in [1.54, 1.807) is 25.1 Å². The Balaban J connectivity index is 1.73. The largest absolute Gasteiger partial charge is 0.349 e. The standard InChI is InChI=1S/C15H18FNO/c1-9-3-2-4-12(14(9)16)15(18)17-13-8-10-5-6-11(13)7-10/h2-4,10-11,13H,5-8H2,1H3,(H,17,18). The van der Waals surface area contributed by atoms with E-state index >= 15 is 0 Å². The second-order valence-electron chi connectivity index (χ2n) is 5.69. The molecule has 3 heteroatoms. The molecule has 0 aromatic heterocycles. The van der Waals surface area contributed by atoms with Crippen LogP contribution in [0.2, 0.25) is 0 Å². The van der Waals surface area contributed by atoms with Crippen LogP contribution in [-0.2, 0) is 0 Å². The second kappa shape index (κ2) is 4.38. The Hall–Kier alpha value is -1.38. The number of aryl methyl sites for hydroxylation is 1. The molecule has 3 atom stereocenters. The number of carbonyl (C=O) groups excluding carboxylic acids is 1. The molecule has 0 aliphatic heterocycles. The van der Waals surface area contributed by atoms with Crippen LogP contribution in [0.3, 0.4) is 0 Å². The highest BCUT2D eigenvalue weighted by Gasteiger charge is 2.40. The molecule has 2 aliphatic rings. The quantitative estimate of drug-likeness (QED) is 0.855. The van der Waals surface area contributed by atoms with Gasteiger partial charge in [0.15, 0.2) is 0 Å². The molecule has 2 aliphatic carbocycles. The zero-order valence-corrected chi connectivity index (χ0v) is 10.6. The minimum Gasteiger partial charge on any atom is -0.349 e. The summed E-state index contributed by atoms with van der Waals surface area (Å²) in [6.07, 6.45) is 4.83. The predicted molar refractivity (Wildman–Crippen MR) is 67.8 cm³/mol. The first-order valence-electron chi connectivity index (χ1n) is 6.71. The molecule has 0 spiro atoms. The summed E-state index contributed by atoms with van der Waals surface area (Å²) in [7, 11) is 0. The summed E-state index contributed by atoms with van der Waals surface area (Å²) in [5.41, 5.74) is 0.702. The Bertz CT molecular complexity index is 485. The maximum Gasteiger partial charge on any atom is 0.254 e. The Morgan fingerprint density at radius 2 is 2.17 bits per heavy atom. The zero-order chi connectivity index (χ0) is 12.7. The van der Waals surface area contributed by atoms with E-state index in [1.165, 1.54) is 19.3 Å². The number of hydrogen-bond acceptors (Lipinski definition) is 1. The smallest absolute Gasteiger partial charge is 0.254 e. The number of benzene rings is 1. The first-order valence-corrected chi connectivity index (χ1v) is 6.71. The normalized spacial score (nSPS) is 29.6. The molecule has 3 unspecified atom stereocenters. The van der Waals surface area contributed by atoms with Crippen LogP contribution in [0.1, 0.15) is 41.6 Å². The Morgan fingerprint density at radius 1 is 1.33 bits per heavy atom. The van der Waals surface area contributed by atoms with Crippen LogP contribution in [-0.4, -0.2) is 11.9 Å². The second-order valence-corrected chi connectivity index (χ2v) is 5.69. The summed E-state index contributed by atoms with van der Waals surface area (Å²) in [4.78, 5) is 12.1. The van der Waals surface area contributed by atoms with Crippen LogP contribution in [0.25, 0.3) is 0 Å². The van der Waals surface area contributed by atoms with E-state index in [0.29, 0.717) is 11.5 Å². The lowest BCUT2D eigenvalue weighted by Crippen LogP contribution is -2.38. The number of halogens is 1. The van der Waals surface area contributed by atoms with Crippen LogP contribution in [0.4, 0.5) is 4.39 Å². The van der Waals surface area contributed by atoms with Crippen LogP contribution in [0.15, 0.2) is 18.2 Å². The number of nitrogens with one attached hydrogen (secondary N) is 1. The third-order valence-electron chi connectivity index (χ3n) is 4.49. The minimum atomic E-state index is -0.391. The molecule has 18 heavy (non-hydrogen) atoms. The van der Waals surface area contributed by atoms with Crippen molar-refractivity contribution in [2.45, 2.75) is 38.6 Å². The van der Waals surface area contributed by atoms with E-state index in [0.717, 1.165) is 12.3 Å². The van der Waals surface area contributed by atoms with Crippen LogP contribution in [0.5, 0.6) is 0 Å². The Morgan fingerprint density at radius 3 is 2.83 bits per heavy atom. The fraction of sp³-hybridized carbons (Fsp3) is 0.533. The fourth-order valence-corrected chi connectivity index (χ4v) is 3.49. The van der Waals surface area contributed by atoms with Crippen molar-refractivity contribution >= 4 is 5.91 Å². The van der Waals surface area contributed by atoms with Crippen molar-refractivity contribution in [2.75, 3.05) is 0 Å². The molecule has 2 bridgehead atoms. The zero-order valence-electron chi connectivity index (χ0n) is 10.6. The SMILES string of the molecule is Cc1cccc(C(=O)NC2CC3CCC2C3)c1F. The summed E-state index contributed by atoms with van der Waals surface area (Å²) < 4.78 is 13.9. The summed E-state index contributed by atoms with van der Waals surface area (Å²) >= 11 is 0. The molecule has 0 heterocycles. The monoisotopic (exact) mass is 247 g/mol. The Kier molecular flexibility index (Phi) is 2.84. The maximum absolute atomic E-state index is 13.9. The Labute approximate surface area is 107 Å². The molecule has 2 saturated carbocycles. The summed E-state index contributed by atoms with van der Waals surface area (Å²) in [5, 5.41) is 3.02. The highest BCUT2D eigenvalue weighted by atomic mass is 19.1. The van der Waals surface area contributed by atoms with E-state index in [9.17, 15) is 9.18 Å². The third-order valence-corrected chi connectivity index (χ3v) is 4.49. The molecule has 1 N–H and O–H groups in total. The van der Waals surface area contributed by atoms with Gasteiger partial charge in [-0.1, -0.05) is 18.6 Å². The van der Waals surface area contributed by atoms with E-state index in [2.05, 4.69) is 5.32 Å². The van der Waals surface area contributed by atoms with Crippen molar-refractivity contribution in [3.05, 3.63) is 35.1 Å². The van der Waals surface area contributed by atoms with Crippen LogP contribution < -0.4 is 5.32 Å². The fourth-order valence-electron chi connectivity index (χ4n) is 3.49. The van der Waals surface area contributed by atoms with Crippen molar-refractivity contribution in [3.63, 3.8) is 0 Å². The summed E-state index contributed by atoms with van der Waals surface area (Å²) in [5.74, 6) is 0.751. The lowest BCUT2D eigenvalue weighted by Gasteiger charge is -2.23. The molecular weight excluding hydrogens is 229 g/mol. The van der Waals surface area contributed by atoms with Crippen molar-refractivity contribution in [2.24, 2.45) is 11.8 Å². The van der Waals surface area contributed by atoms with Crippen molar-refractivity contribution in [3.8, 4) is 0 Å². The number of amides is 1. The highest BCUT2D eigenvalue weighted by Crippen LogP contribution is 2.44. The predicted octanol–water partition coefficient (Wildman–Crippen LogP) is 3.05. The average Bonchev–Trinajstić information content (AvgIpc) is 2.94. The molecule has 1 aromatic carbocycles. The molecule has 1 aromatic rings. The lowest BCUT2D eigenvalue weighted by atomic mass is 9.95. The molecule has 1 amide bonds. The first-order chi connectivity index (χ1) is 8.65. The van der Waals surface area contributed by atoms with E-state index in [-0.39, 0.29) is 17.5 Å². The van der Waals surface area contributed by atoms with Crippen LogP contribution in [0, 0.1) is 24.6 Å². The van der Waals surface area contributed by atoms with Crippen molar-refractivity contribution in [1.29, 1.82) is 0 Å². The average molecular weight is 247 g/mol. The maximum atomic E-state index is 13.9. The number of hydrogen-bond donors (Lipinski definition) is 1. The molecule has 2 fully saturated rings. The highest BCUT2D eigenvalue weighted by molar-refractivity contribution is 5.94. The third kappa shape index (κ3) is 1.92. The molecule has 0 radical (unpaired) electrons. The summed E-state index contributed by atoms with van der Waals surface area (Å²) in [6, 6.07) is 5.24. The van der Waals surface area contributed by atoms with Crippen molar-refractivity contribution < 1.29 is 9.18 Å². The van der Waals surface area contributed by atoms with Gasteiger partial charge in [-0.3, -0.25) is 4.79 Å². The van der Waals surface area contributed by atoms with E-state index in [1.807, 2.05) is 0 Å². The number of fused-ring (bicyclic) bond motifs is 2.